The maximum absolute atomic E-state index is 14.7. The van der Waals surface area contributed by atoms with Gasteiger partial charge in [-0.25, -0.2) is 13.8 Å². The Morgan fingerprint density at radius 2 is 1.77 bits per heavy atom. The minimum atomic E-state index is -0.841. The van der Waals surface area contributed by atoms with E-state index in [1.165, 1.54) is 43.3 Å². The van der Waals surface area contributed by atoms with Crippen molar-refractivity contribution in [3.63, 3.8) is 0 Å². The van der Waals surface area contributed by atoms with Crippen LogP contribution in [0.15, 0.2) is 12.1 Å². The van der Waals surface area contributed by atoms with E-state index in [-0.39, 0.29) is 4.88 Å². The van der Waals surface area contributed by atoms with Crippen LogP contribution in [0.5, 0.6) is 0 Å². The van der Waals surface area contributed by atoms with Gasteiger partial charge < -0.3 is 15.1 Å². The van der Waals surface area contributed by atoms with Crippen molar-refractivity contribution in [2.45, 2.75) is 58.5 Å². The van der Waals surface area contributed by atoms with E-state index >= 15 is 0 Å². The number of carbonyl (C=O) groups is 1. The number of rotatable bonds is 9. The predicted octanol–water partition coefficient (Wildman–Crippen LogP) is 5.77. The third-order valence-corrected chi connectivity index (χ3v) is 7.26. The molecular formula is C25H39F2N5OS2. The van der Waals surface area contributed by atoms with Crippen molar-refractivity contribution in [1.29, 1.82) is 0 Å². The third-order valence-electron chi connectivity index (χ3n) is 5.43. The molecular weight excluding hydrogens is 488 g/mol. The number of thiazole rings is 1. The number of hydrogen-bond donors (Lipinski definition) is 2. The highest BCUT2D eigenvalue weighted by molar-refractivity contribution is 7.97. The molecule has 1 aromatic heterocycles. The van der Waals surface area contributed by atoms with Crippen molar-refractivity contribution in [2.75, 3.05) is 44.2 Å². The van der Waals surface area contributed by atoms with E-state index in [1.54, 1.807) is 19.0 Å². The molecule has 0 aliphatic heterocycles. The first-order valence-corrected chi connectivity index (χ1v) is 13.8. The molecule has 10 heteroatoms. The summed E-state index contributed by atoms with van der Waals surface area (Å²) in [6, 6.07) is 2.79. The van der Waals surface area contributed by atoms with E-state index < -0.39 is 23.0 Å². The average Bonchev–Trinajstić information content (AvgIpc) is 3.18. The first kappa shape index (κ1) is 29.5. The highest BCUT2D eigenvalue weighted by atomic mass is 32.2. The molecule has 0 radical (unpaired) electrons. The van der Waals surface area contributed by atoms with E-state index in [2.05, 4.69) is 24.1 Å². The fourth-order valence-corrected chi connectivity index (χ4v) is 5.30. The van der Waals surface area contributed by atoms with Crippen LogP contribution in [0.3, 0.4) is 0 Å². The Hall–Kier alpha value is -1.75. The normalized spacial score (nSPS) is 14.1. The highest BCUT2D eigenvalue weighted by Gasteiger charge is 2.27. The molecule has 6 nitrogen and oxygen atoms in total. The van der Waals surface area contributed by atoms with Crippen LogP contribution in [0.4, 0.5) is 19.7 Å². The zero-order valence-electron chi connectivity index (χ0n) is 21.7. The SMILES string of the molecule is CC(C)CSN.CN(C)Cc1cc(F)c(C(=O)c2sc(NC3CCCCC3)nc2N(C)C)c(F)c1. The third kappa shape index (κ3) is 9.00. The van der Waals surface area contributed by atoms with Gasteiger partial charge in [-0.2, -0.15) is 0 Å². The zero-order valence-corrected chi connectivity index (χ0v) is 23.3. The topological polar surface area (TPSA) is 74.5 Å². The van der Waals surface area contributed by atoms with Crippen molar-refractivity contribution in [3.8, 4) is 0 Å². The first-order chi connectivity index (χ1) is 16.5. The number of benzene rings is 1. The summed E-state index contributed by atoms with van der Waals surface area (Å²) in [5.74, 6) is -0.123. The van der Waals surface area contributed by atoms with Crippen LogP contribution in [-0.2, 0) is 6.54 Å². The van der Waals surface area contributed by atoms with Gasteiger partial charge in [0, 0.05) is 32.4 Å². The molecule has 1 heterocycles. The summed E-state index contributed by atoms with van der Waals surface area (Å²) in [5, 5.41) is 9.16. The second kappa shape index (κ2) is 14.1. The van der Waals surface area contributed by atoms with Gasteiger partial charge in [-0.05, 0) is 50.6 Å². The van der Waals surface area contributed by atoms with E-state index in [0.717, 1.165) is 35.8 Å². The Labute approximate surface area is 216 Å². The number of hydrogen-bond acceptors (Lipinski definition) is 8. The molecule has 1 aliphatic rings. The molecule has 196 valence electrons. The van der Waals surface area contributed by atoms with E-state index in [0.29, 0.717) is 29.1 Å². The van der Waals surface area contributed by atoms with Gasteiger partial charge in [-0.3, -0.25) is 9.93 Å². The monoisotopic (exact) mass is 527 g/mol. The molecule has 0 bridgehead atoms. The van der Waals surface area contributed by atoms with Gasteiger partial charge >= 0.3 is 0 Å². The number of ketones is 1. The number of nitrogens with zero attached hydrogens (tertiary/aromatic N) is 3. The fraction of sp³-hybridized carbons (Fsp3) is 0.600. The summed E-state index contributed by atoms with van der Waals surface area (Å²) in [4.78, 5) is 21.4. The lowest BCUT2D eigenvalue weighted by Crippen LogP contribution is -2.22. The van der Waals surface area contributed by atoms with Crippen molar-refractivity contribution < 1.29 is 13.6 Å². The number of aromatic nitrogens is 1. The van der Waals surface area contributed by atoms with E-state index in [1.807, 2.05) is 19.0 Å². The fourth-order valence-electron chi connectivity index (χ4n) is 3.85. The van der Waals surface area contributed by atoms with Crippen LogP contribution in [0.2, 0.25) is 0 Å². The maximum Gasteiger partial charge on any atom is 0.212 e. The van der Waals surface area contributed by atoms with Crippen LogP contribution in [0.25, 0.3) is 0 Å². The standard InChI is InChI=1S/C21H28F2N4OS.C4H11NS/c1-26(2)12-13-10-15(22)17(16(23)11-13)18(28)19-20(27(3)4)25-21(29-19)24-14-8-6-5-7-9-14;1-4(2)3-6-5/h10-11,14H,5-9,12H2,1-4H3,(H,24,25);4H,3,5H2,1-2H3. The van der Waals surface area contributed by atoms with E-state index in [4.69, 9.17) is 5.14 Å². The average molecular weight is 528 g/mol. The first-order valence-electron chi connectivity index (χ1n) is 12.0. The van der Waals surface area contributed by atoms with Crippen molar-refractivity contribution >= 4 is 40.0 Å². The van der Waals surface area contributed by atoms with Crippen LogP contribution in [0, 0.1) is 17.6 Å². The molecule has 1 saturated carbocycles. The number of nitrogens with two attached hydrogens (primary N) is 1. The van der Waals surface area contributed by atoms with Gasteiger partial charge in [0.2, 0.25) is 5.78 Å². The summed E-state index contributed by atoms with van der Waals surface area (Å²) in [6.45, 7) is 4.70. The van der Waals surface area contributed by atoms with Crippen molar-refractivity contribution in [3.05, 3.63) is 39.8 Å². The second-order valence-corrected chi connectivity index (χ2v) is 11.4. The summed E-state index contributed by atoms with van der Waals surface area (Å²) < 4.78 is 29.4. The van der Waals surface area contributed by atoms with E-state index in [9.17, 15) is 13.6 Å². The van der Waals surface area contributed by atoms with Gasteiger partial charge in [-0.15, -0.1) is 0 Å². The van der Waals surface area contributed by atoms with Gasteiger partial charge in [0.05, 0.1) is 5.56 Å². The Morgan fingerprint density at radius 3 is 2.23 bits per heavy atom. The smallest absolute Gasteiger partial charge is 0.212 e. The largest absolute Gasteiger partial charge is 0.361 e. The molecule has 3 rings (SSSR count). The van der Waals surface area contributed by atoms with Gasteiger partial charge in [0.25, 0.3) is 0 Å². The van der Waals surface area contributed by atoms with Crippen LogP contribution < -0.4 is 15.4 Å². The van der Waals surface area contributed by atoms with Gasteiger partial charge in [0.15, 0.2) is 10.9 Å². The number of anilines is 2. The molecule has 0 saturated heterocycles. The molecule has 3 N–H and O–H groups in total. The van der Waals surface area contributed by atoms with Crippen LogP contribution >= 0.6 is 23.3 Å². The lowest BCUT2D eigenvalue weighted by atomic mass is 9.96. The Bertz CT molecular complexity index is 936. The summed E-state index contributed by atoms with van der Waals surface area (Å²) >= 11 is 2.57. The number of nitrogens with one attached hydrogen (secondary N) is 1. The lowest BCUT2D eigenvalue weighted by Gasteiger charge is -2.22. The van der Waals surface area contributed by atoms with Crippen molar-refractivity contribution in [1.82, 2.24) is 9.88 Å². The summed E-state index contributed by atoms with van der Waals surface area (Å²) in [5.41, 5.74) is -0.0400. The Balaban J connectivity index is 0.000000641. The Kier molecular flexibility index (Phi) is 11.9. The molecule has 1 fully saturated rings. The number of carbonyl (C=O) groups excluding carboxylic acids is 1. The molecule has 0 atom stereocenters. The Morgan fingerprint density at radius 1 is 1.17 bits per heavy atom. The van der Waals surface area contributed by atoms with Gasteiger partial charge in [-0.1, -0.05) is 56.4 Å². The predicted molar refractivity (Wildman–Crippen MR) is 146 cm³/mol. The zero-order chi connectivity index (χ0) is 26.1. The van der Waals surface area contributed by atoms with Crippen molar-refractivity contribution in [2.24, 2.45) is 11.1 Å². The molecule has 2 aromatic rings. The molecule has 0 amide bonds. The molecule has 1 aromatic carbocycles. The molecule has 0 unspecified atom stereocenters. The lowest BCUT2D eigenvalue weighted by molar-refractivity contribution is 0.103. The highest BCUT2D eigenvalue weighted by Crippen LogP contribution is 2.34. The maximum atomic E-state index is 14.7. The summed E-state index contributed by atoms with van der Waals surface area (Å²) in [6.07, 6.45) is 5.72. The molecule has 35 heavy (non-hydrogen) atoms. The quantitative estimate of drug-likeness (QED) is 0.317. The number of halogens is 2. The van der Waals surface area contributed by atoms with Gasteiger partial charge in [0.1, 0.15) is 16.5 Å². The van der Waals surface area contributed by atoms with Crippen LogP contribution in [0.1, 0.15) is 66.8 Å². The summed E-state index contributed by atoms with van der Waals surface area (Å²) in [7, 11) is 7.17. The molecule has 0 spiro atoms. The minimum absolute atomic E-state index is 0.242. The minimum Gasteiger partial charge on any atom is -0.361 e. The van der Waals surface area contributed by atoms with Crippen LogP contribution in [-0.4, -0.2) is 55.7 Å². The second-order valence-electron chi connectivity index (χ2n) is 9.77. The molecule has 1 aliphatic carbocycles.